The number of nitrogens with zero attached hydrogens (tertiary/aromatic N) is 1. The minimum Gasteiger partial charge on any atom is -0.505 e. The molecule has 0 aliphatic carbocycles. The fourth-order valence-electron chi connectivity index (χ4n) is 0.740. The molecule has 0 bridgehead atoms. The Kier molecular flexibility index (Phi) is 2.58. The second-order valence-electron chi connectivity index (χ2n) is 2.11. The molecule has 0 aromatic heterocycles. The van der Waals surface area contributed by atoms with Crippen LogP contribution in [0.3, 0.4) is 0 Å². The number of phenols is 1. The Morgan fingerprint density at radius 3 is 2.54 bits per heavy atom. The third-order valence-corrected chi connectivity index (χ3v) is 1.93. The van der Waals surface area contributed by atoms with Gasteiger partial charge in [-0.25, -0.2) is 4.39 Å². The maximum absolute atomic E-state index is 12.8. The molecule has 0 atom stereocenters. The van der Waals surface area contributed by atoms with Crippen LogP contribution in [0.15, 0.2) is 6.07 Å². The average Bonchev–Trinajstić information content (AvgIpc) is 1.99. The Hall–Kier alpha value is -1.07. The fraction of sp³-hybridized carbons (Fsp3) is 0. The first kappa shape index (κ1) is 10.0. The van der Waals surface area contributed by atoms with Gasteiger partial charge in [0.25, 0.3) is 0 Å². The van der Waals surface area contributed by atoms with E-state index in [1.807, 2.05) is 0 Å². The van der Waals surface area contributed by atoms with E-state index in [0.717, 1.165) is 6.07 Å². The summed E-state index contributed by atoms with van der Waals surface area (Å²) in [4.78, 5) is 9.37. The molecular formula is C6H2Cl2FNO3. The monoisotopic (exact) mass is 225 g/mol. The van der Waals surface area contributed by atoms with Crippen molar-refractivity contribution in [3.63, 3.8) is 0 Å². The quantitative estimate of drug-likeness (QED) is 0.454. The van der Waals surface area contributed by atoms with Crippen LogP contribution in [-0.4, -0.2) is 10.0 Å². The average molecular weight is 226 g/mol. The molecule has 0 unspecified atom stereocenters. The number of rotatable bonds is 1. The van der Waals surface area contributed by atoms with E-state index in [9.17, 15) is 14.5 Å². The summed E-state index contributed by atoms with van der Waals surface area (Å²) in [5, 5.41) is 17.9. The second-order valence-corrected chi connectivity index (χ2v) is 2.90. The van der Waals surface area contributed by atoms with Gasteiger partial charge < -0.3 is 5.11 Å². The zero-order valence-corrected chi connectivity index (χ0v) is 7.43. The van der Waals surface area contributed by atoms with Crippen molar-refractivity contribution in [2.24, 2.45) is 0 Å². The molecule has 1 N–H and O–H groups in total. The van der Waals surface area contributed by atoms with Crippen LogP contribution in [0.5, 0.6) is 5.75 Å². The Bertz CT molecular complexity index is 383. The first-order chi connectivity index (χ1) is 5.95. The van der Waals surface area contributed by atoms with Crippen molar-refractivity contribution in [2.45, 2.75) is 0 Å². The summed E-state index contributed by atoms with van der Waals surface area (Å²) in [6.07, 6.45) is 0. The van der Waals surface area contributed by atoms with E-state index in [1.54, 1.807) is 0 Å². The Labute approximate surface area is 81.7 Å². The van der Waals surface area contributed by atoms with Gasteiger partial charge in [-0.05, 0) is 0 Å². The highest BCUT2D eigenvalue weighted by molar-refractivity contribution is 6.38. The molecule has 0 aliphatic heterocycles. The van der Waals surface area contributed by atoms with Crippen molar-refractivity contribution in [3.05, 3.63) is 32.0 Å². The van der Waals surface area contributed by atoms with Gasteiger partial charge >= 0.3 is 5.69 Å². The molecule has 0 amide bonds. The van der Waals surface area contributed by atoms with Gasteiger partial charge in [0.05, 0.1) is 4.92 Å². The van der Waals surface area contributed by atoms with E-state index in [0.29, 0.717) is 0 Å². The van der Waals surface area contributed by atoms with Crippen molar-refractivity contribution in [3.8, 4) is 5.75 Å². The number of nitro groups is 1. The predicted octanol–water partition coefficient (Wildman–Crippen LogP) is 2.75. The Morgan fingerprint density at radius 1 is 1.54 bits per heavy atom. The molecular weight excluding hydrogens is 224 g/mol. The van der Waals surface area contributed by atoms with Crippen molar-refractivity contribution < 1.29 is 14.4 Å². The van der Waals surface area contributed by atoms with Crippen molar-refractivity contribution in [1.82, 2.24) is 0 Å². The molecule has 13 heavy (non-hydrogen) atoms. The fourth-order valence-corrected chi connectivity index (χ4v) is 1.32. The SMILES string of the molecule is O=[N+]([O-])c1c(Cl)cc(O)c(F)c1Cl. The predicted molar refractivity (Wildman–Crippen MR) is 44.7 cm³/mol. The van der Waals surface area contributed by atoms with E-state index in [4.69, 9.17) is 28.3 Å². The van der Waals surface area contributed by atoms with Crippen LogP contribution in [-0.2, 0) is 0 Å². The summed E-state index contributed by atoms with van der Waals surface area (Å²) in [5.41, 5.74) is -0.751. The smallest absolute Gasteiger partial charge is 0.309 e. The maximum Gasteiger partial charge on any atom is 0.309 e. The molecule has 0 fully saturated rings. The van der Waals surface area contributed by atoms with Crippen LogP contribution in [0.1, 0.15) is 0 Å². The molecule has 4 nitrogen and oxygen atoms in total. The number of benzene rings is 1. The van der Waals surface area contributed by atoms with Gasteiger partial charge in [0.2, 0.25) is 0 Å². The molecule has 0 radical (unpaired) electrons. The molecule has 0 heterocycles. The van der Waals surface area contributed by atoms with Gasteiger partial charge in [0.15, 0.2) is 16.6 Å². The Balaban J connectivity index is 3.53. The van der Waals surface area contributed by atoms with Crippen LogP contribution < -0.4 is 0 Å². The molecule has 0 saturated carbocycles. The van der Waals surface area contributed by atoms with Gasteiger partial charge in [-0.15, -0.1) is 0 Å². The zero-order chi connectivity index (χ0) is 10.2. The Morgan fingerprint density at radius 2 is 2.08 bits per heavy atom. The van der Waals surface area contributed by atoms with E-state index < -0.39 is 32.2 Å². The first-order valence-corrected chi connectivity index (χ1v) is 3.71. The highest BCUT2D eigenvalue weighted by Crippen LogP contribution is 2.38. The highest BCUT2D eigenvalue weighted by atomic mass is 35.5. The van der Waals surface area contributed by atoms with Crippen molar-refractivity contribution in [1.29, 1.82) is 0 Å². The number of halogens is 3. The lowest BCUT2D eigenvalue weighted by Gasteiger charge is -2.00. The summed E-state index contributed by atoms with van der Waals surface area (Å²) < 4.78 is 12.8. The van der Waals surface area contributed by atoms with Crippen molar-refractivity contribution >= 4 is 28.9 Å². The van der Waals surface area contributed by atoms with E-state index >= 15 is 0 Å². The highest BCUT2D eigenvalue weighted by Gasteiger charge is 2.24. The van der Waals surface area contributed by atoms with E-state index in [-0.39, 0.29) is 0 Å². The standard InChI is InChI=1S/C6H2Cl2FNO3/c7-2-1-3(11)5(9)4(8)6(2)10(12)13/h1,11H. The number of phenolic OH excluding ortho intramolecular Hbond substituents is 1. The van der Waals surface area contributed by atoms with Crippen LogP contribution >= 0.6 is 23.2 Å². The van der Waals surface area contributed by atoms with Crippen molar-refractivity contribution in [2.75, 3.05) is 0 Å². The summed E-state index contributed by atoms with van der Waals surface area (Å²) in [7, 11) is 0. The molecule has 0 saturated heterocycles. The maximum atomic E-state index is 12.8. The molecule has 1 rings (SSSR count). The number of hydrogen-bond acceptors (Lipinski definition) is 3. The molecule has 7 heteroatoms. The van der Waals surface area contributed by atoms with Crippen LogP contribution in [0.25, 0.3) is 0 Å². The summed E-state index contributed by atoms with van der Waals surface area (Å²) in [5.74, 6) is -2.07. The largest absolute Gasteiger partial charge is 0.505 e. The minimum absolute atomic E-state index is 0.408. The van der Waals surface area contributed by atoms with Gasteiger partial charge in [0, 0.05) is 6.07 Å². The van der Waals surface area contributed by atoms with E-state index in [2.05, 4.69) is 0 Å². The molecule has 1 aromatic carbocycles. The lowest BCUT2D eigenvalue weighted by Crippen LogP contribution is -1.93. The number of nitro benzene ring substituents is 1. The third kappa shape index (κ3) is 1.66. The van der Waals surface area contributed by atoms with Gasteiger partial charge in [-0.1, -0.05) is 23.2 Å². The lowest BCUT2D eigenvalue weighted by molar-refractivity contribution is -0.384. The second kappa shape index (κ2) is 3.35. The molecule has 1 aromatic rings. The number of aromatic hydroxyl groups is 1. The molecule has 0 spiro atoms. The van der Waals surface area contributed by atoms with Crippen LogP contribution in [0, 0.1) is 15.9 Å². The molecule has 0 aliphatic rings. The lowest BCUT2D eigenvalue weighted by atomic mass is 10.3. The first-order valence-electron chi connectivity index (χ1n) is 2.96. The topological polar surface area (TPSA) is 63.4 Å². The molecule has 70 valence electrons. The minimum atomic E-state index is -1.25. The van der Waals surface area contributed by atoms with Gasteiger partial charge in [0.1, 0.15) is 5.02 Å². The van der Waals surface area contributed by atoms with Crippen LogP contribution in [0.4, 0.5) is 10.1 Å². The van der Waals surface area contributed by atoms with Gasteiger partial charge in [-0.3, -0.25) is 10.1 Å². The third-order valence-electron chi connectivity index (χ3n) is 1.30. The van der Waals surface area contributed by atoms with E-state index in [1.165, 1.54) is 0 Å². The summed E-state index contributed by atoms with van der Waals surface area (Å²) >= 11 is 10.6. The van der Waals surface area contributed by atoms with Gasteiger partial charge in [-0.2, -0.15) is 0 Å². The number of hydrogen-bond donors (Lipinski definition) is 1. The zero-order valence-electron chi connectivity index (χ0n) is 5.92. The summed E-state index contributed by atoms with van der Waals surface area (Å²) in [6, 6.07) is 0.723. The normalized spacial score (nSPS) is 10.1. The summed E-state index contributed by atoms with van der Waals surface area (Å²) in [6.45, 7) is 0. The van der Waals surface area contributed by atoms with Crippen LogP contribution in [0.2, 0.25) is 10.0 Å².